The maximum absolute atomic E-state index is 12.1. The van der Waals surface area contributed by atoms with Gasteiger partial charge >= 0.3 is 0 Å². The summed E-state index contributed by atoms with van der Waals surface area (Å²) in [6.07, 6.45) is 3.82. The lowest BCUT2D eigenvalue weighted by Gasteiger charge is -2.46. The Morgan fingerprint density at radius 1 is 1.33 bits per heavy atom. The monoisotopic (exact) mass is 345 g/mol. The van der Waals surface area contributed by atoms with E-state index in [4.69, 9.17) is 16.3 Å². The van der Waals surface area contributed by atoms with E-state index >= 15 is 0 Å². The second-order valence-electron chi connectivity index (χ2n) is 6.45. The van der Waals surface area contributed by atoms with E-state index in [9.17, 15) is 4.79 Å². The van der Waals surface area contributed by atoms with E-state index < -0.39 is 0 Å². The highest BCUT2D eigenvalue weighted by molar-refractivity contribution is 6.30. The highest BCUT2D eigenvalue weighted by Gasteiger charge is 2.42. The Bertz CT molecular complexity index is 778. The number of hydrogen-bond donors (Lipinski definition) is 1. The Morgan fingerprint density at radius 2 is 2.12 bits per heavy atom. The number of rotatable bonds is 2. The Hall–Kier alpha value is -1.98. The van der Waals surface area contributed by atoms with Gasteiger partial charge in [0.1, 0.15) is 6.61 Å². The molecule has 2 aliphatic heterocycles. The quantitative estimate of drug-likeness (QED) is 0.910. The standard InChI is InChI=1S/C18H20ClN3O2/c1-24-12-17(23)21-9-6-18(7-10-21)16-3-2-8-22(16)15-11-13(19)4-5-14(15)20-18/h2-5,8,11,20H,6-7,9-10,12H2,1H3. The SMILES string of the molecule is COCC(=O)N1CCC2(CC1)Nc1ccc(Cl)cc1-n1cccc12. The maximum atomic E-state index is 12.1. The number of carbonyl (C=O) groups is 1. The largest absolute Gasteiger partial charge is 0.375 e. The molecule has 0 radical (unpaired) electrons. The summed E-state index contributed by atoms with van der Waals surface area (Å²) in [6, 6.07) is 10.1. The van der Waals surface area contributed by atoms with Crippen molar-refractivity contribution >= 4 is 23.2 Å². The van der Waals surface area contributed by atoms with Crippen LogP contribution in [0.1, 0.15) is 18.5 Å². The van der Waals surface area contributed by atoms with Crippen molar-refractivity contribution < 1.29 is 9.53 Å². The number of anilines is 1. The predicted octanol–water partition coefficient (Wildman–Crippen LogP) is 3.02. The summed E-state index contributed by atoms with van der Waals surface area (Å²) >= 11 is 6.17. The molecule has 0 aliphatic carbocycles. The molecule has 2 aliphatic rings. The molecule has 0 saturated carbocycles. The van der Waals surface area contributed by atoms with E-state index in [1.807, 2.05) is 23.1 Å². The molecule has 0 bridgehead atoms. The average Bonchev–Trinajstić information content (AvgIpc) is 3.08. The van der Waals surface area contributed by atoms with Gasteiger partial charge in [0, 0.05) is 37.1 Å². The number of amides is 1. The van der Waals surface area contributed by atoms with Gasteiger partial charge < -0.3 is 19.5 Å². The van der Waals surface area contributed by atoms with Gasteiger partial charge in [-0.05, 0) is 43.2 Å². The van der Waals surface area contributed by atoms with Crippen LogP contribution in [0.3, 0.4) is 0 Å². The number of aromatic nitrogens is 1. The summed E-state index contributed by atoms with van der Waals surface area (Å²) in [4.78, 5) is 14.0. The van der Waals surface area contributed by atoms with Crippen LogP contribution in [-0.2, 0) is 15.1 Å². The van der Waals surface area contributed by atoms with Crippen LogP contribution in [0, 0.1) is 0 Å². The third-order valence-corrected chi connectivity index (χ3v) is 5.30. The fourth-order valence-corrected chi connectivity index (χ4v) is 4.01. The van der Waals surface area contributed by atoms with Gasteiger partial charge in [-0.1, -0.05) is 11.6 Å². The number of likely N-dealkylation sites (tertiary alicyclic amines) is 1. The Kier molecular flexibility index (Phi) is 3.77. The zero-order valence-corrected chi connectivity index (χ0v) is 14.3. The Labute approximate surface area is 146 Å². The number of nitrogens with one attached hydrogen (secondary N) is 1. The highest BCUT2D eigenvalue weighted by atomic mass is 35.5. The van der Waals surface area contributed by atoms with Gasteiger partial charge in [0.05, 0.1) is 16.9 Å². The normalized spacial score (nSPS) is 18.0. The van der Waals surface area contributed by atoms with Crippen molar-refractivity contribution in [3.8, 4) is 5.69 Å². The van der Waals surface area contributed by atoms with Gasteiger partial charge in [0.2, 0.25) is 5.91 Å². The molecular weight excluding hydrogens is 326 g/mol. The number of halogens is 1. The summed E-state index contributed by atoms with van der Waals surface area (Å²) in [5, 5.41) is 4.45. The number of fused-ring (bicyclic) bond motifs is 4. The van der Waals surface area contributed by atoms with Crippen LogP contribution < -0.4 is 5.32 Å². The second kappa shape index (κ2) is 5.83. The fourth-order valence-electron chi connectivity index (χ4n) is 3.85. The highest BCUT2D eigenvalue weighted by Crippen LogP contribution is 2.43. The molecule has 24 heavy (non-hydrogen) atoms. The Morgan fingerprint density at radius 3 is 2.88 bits per heavy atom. The van der Waals surface area contributed by atoms with E-state index in [2.05, 4.69) is 28.2 Å². The topological polar surface area (TPSA) is 46.5 Å². The number of nitrogens with zero attached hydrogens (tertiary/aromatic N) is 2. The van der Waals surface area contributed by atoms with Crippen molar-refractivity contribution in [1.29, 1.82) is 0 Å². The van der Waals surface area contributed by atoms with Crippen molar-refractivity contribution in [2.24, 2.45) is 0 Å². The summed E-state index contributed by atoms with van der Waals surface area (Å²) in [5.74, 6) is 0.0609. The summed E-state index contributed by atoms with van der Waals surface area (Å²) in [5.41, 5.74) is 3.25. The molecule has 1 fully saturated rings. The summed E-state index contributed by atoms with van der Waals surface area (Å²) in [7, 11) is 1.56. The third-order valence-electron chi connectivity index (χ3n) is 5.07. The van der Waals surface area contributed by atoms with Gasteiger partial charge in [-0.25, -0.2) is 0 Å². The van der Waals surface area contributed by atoms with Crippen molar-refractivity contribution in [1.82, 2.24) is 9.47 Å². The van der Waals surface area contributed by atoms with Gasteiger partial charge in [-0.2, -0.15) is 0 Å². The van der Waals surface area contributed by atoms with Crippen molar-refractivity contribution in [2.75, 3.05) is 32.1 Å². The summed E-state index contributed by atoms with van der Waals surface area (Å²) in [6.45, 7) is 1.60. The zero-order chi connectivity index (χ0) is 16.7. The smallest absolute Gasteiger partial charge is 0.248 e. The van der Waals surface area contributed by atoms with E-state index in [0.717, 1.165) is 42.3 Å². The molecule has 1 spiro atoms. The molecule has 1 amide bonds. The van der Waals surface area contributed by atoms with Gasteiger partial charge in [-0.3, -0.25) is 4.79 Å². The third kappa shape index (κ3) is 2.39. The number of methoxy groups -OCH3 is 1. The maximum Gasteiger partial charge on any atom is 0.248 e. The molecule has 1 aromatic carbocycles. The molecule has 5 nitrogen and oxygen atoms in total. The molecule has 3 heterocycles. The van der Waals surface area contributed by atoms with E-state index in [-0.39, 0.29) is 18.1 Å². The van der Waals surface area contributed by atoms with Crippen LogP contribution in [0.2, 0.25) is 5.02 Å². The average molecular weight is 346 g/mol. The molecule has 4 rings (SSSR count). The van der Waals surface area contributed by atoms with Gasteiger partial charge in [0.15, 0.2) is 0 Å². The molecule has 6 heteroatoms. The molecular formula is C18H20ClN3O2. The first kappa shape index (κ1) is 15.5. The van der Waals surface area contributed by atoms with Crippen molar-refractivity contribution in [2.45, 2.75) is 18.4 Å². The van der Waals surface area contributed by atoms with Crippen molar-refractivity contribution in [3.63, 3.8) is 0 Å². The molecule has 1 aromatic heterocycles. The number of piperidine rings is 1. The van der Waals surface area contributed by atoms with Gasteiger partial charge in [-0.15, -0.1) is 0 Å². The van der Waals surface area contributed by atoms with Crippen LogP contribution in [0.15, 0.2) is 36.5 Å². The number of hydrogen-bond acceptors (Lipinski definition) is 3. The first-order valence-corrected chi connectivity index (χ1v) is 8.53. The lowest BCUT2D eigenvalue weighted by Crippen LogP contribution is -2.51. The van der Waals surface area contributed by atoms with Crippen LogP contribution in [0.25, 0.3) is 5.69 Å². The first-order chi connectivity index (χ1) is 11.6. The molecule has 0 unspecified atom stereocenters. The molecule has 2 aromatic rings. The van der Waals surface area contributed by atoms with Crippen LogP contribution in [0.4, 0.5) is 5.69 Å². The lowest BCUT2D eigenvalue weighted by atomic mass is 9.82. The number of carbonyl (C=O) groups excluding carboxylic acids is 1. The molecule has 1 saturated heterocycles. The molecule has 126 valence electrons. The van der Waals surface area contributed by atoms with E-state index in [0.29, 0.717) is 0 Å². The van der Waals surface area contributed by atoms with Crippen LogP contribution in [0.5, 0.6) is 0 Å². The predicted molar refractivity (Wildman–Crippen MR) is 93.8 cm³/mol. The number of ether oxygens (including phenoxy) is 1. The molecule has 0 atom stereocenters. The number of benzene rings is 1. The van der Waals surface area contributed by atoms with Crippen LogP contribution in [-0.4, -0.2) is 42.2 Å². The minimum Gasteiger partial charge on any atom is -0.375 e. The Balaban J connectivity index is 1.65. The molecule has 1 N–H and O–H groups in total. The minimum atomic E-state index is -0.145. The fraction of sp³-hybridized carbons (Fsp3) is 0.389. The van der Waals surface area contributed by atoms with Crippen LogP contribution >= 0.6 is 11.6 Å². The van der Waals surface area contributed by atoms with E-state index in [1.165, 1.54) is 5.69 Å². The lowest BCUT2D eigenvalue weighted by molar-refractivity contribution is -0.136. The van der Waals surface area contributed by atoms with E-state index in [1.54, 1.807) is 7.11 Å². The summed E-state index contributed by atoms with van der Waals surface area (Å²) < 4.78 is 7.18. The zero-order valence-electron chi connectivity index (χ0n) is 13.6. The van der Waals surface area contributed by atoms with Gasteiger partial charge in [0.25, 0.3) is 0 Å². The second-order valence-corrected chi connectivity index (χ2v) is 6.88. The minimum absolute atomic E-state index is 0.0609. The first-order valence-electron chi connectivity index (χ1n) is 8.16. The van der Waals surface area contributed by atoms with Crippen molar-refractivity contribution in [3.05, 3.63) is 47.2 Å².